The van der Waals surface area contributed by atoms with Gasteiger partial charge >= 0.3 is 5.97 Å². The van der Waals surface area contributed by atoms with E-state index in [1.165, 1.54) is 12.1 Å². The Kier molecular flexibility index (Phi) is 8.90. The van der Waals surface area contributed by atoms with Crippen molar-refractivity contribution >= 4 is 5.97 Å². The Hall–Kier alpha value is -1.95. The van der Waals surface area contributed by atoms with Gasteiger partial charge in [0.25, 0.3) is 0 Å². The number of aliphatic hydroxyl groups excluding tert-OH is 1. The molecule has 0 heterocycles. The van der Waals surface area contributed by atoms with Gasteiger partial charge < -0.3 is 24.4 Å². The van der Waals surface area contributed by atoms with Crippen LogP contribution in [0.25, 0.3) is 0 Å². The molecule has 0 aliphatic heterocycles. The van der Waals surface area contributed by atoms with E-state index in [-0.39, 0.29) is 12.2 Å². The largest absolute Gasteiger partial charge is 0.490 e. The van der Waals surface area contributed by atoms with Crippen LogP contribution >= 0.6 is 0 Å². The number of carboxylic acid groups (broad SMARTS) is 1. The first-order valence-corrected chi connectivity index (χ1v) is 8.04. The van der Waals surface area contributed by atoms with Gasteiger partial charge in [-0.15, -0.1) is 0 Å². The van der Waals surface area contributed by atoms with Gasteiger partial charge in [-0.25, -0.2) is 4.79 Å². The van der Waals surface area contributed by atoms with Gasteiger partial charge in [0.15, 0.2) is 11.5 Å². The molecule has 1 aromatic rings. The van der Waals surface area contributed by atoms with Gasteiger partial charge in [0, 0.05) is 6.61 Å². The Morgan fingerprint density at radius 3 is 2.00 bits per heavy atom. The minimum absolute atomic E-state index is 0.104. The van der Waals surface area contributed by atoms with Crippen molar-refractivity contribution in [2.45, 2.75) is 39.5 Å². The SMILES string of the molecule is CCOc1cc(C(=O)O)cc(OCC)c1OCCCCCCO. The molecule has 0 bridgehead atoms. The third kappa shape index (κ3) is 6.36. The molecule has 1 rings (SSSR count). The molecule has 23 heavy (non-hydrogen) atoms. The molecule has 1 aromatic carbocycles. The fraction of sp³-hybridized carbons (Fsp3) is 0.588. The Balaban J connectivity index is 2.85. The van der Waals surface area contributed by atoms with Gasteiger partial charge in [0.05, 0.1) is 25.4 Å². The monoisotopic (exact) mass is 326 g/mol. The first kappa shape index (κ1) is 19.1. The molecule has 0 aliphatic carbocycles. The van der Waals surface area contributed by atoms with E-state index in [9.17, 15) is 9.90 Å². The number of hydrogen-bond donors (Lipinski definition) is 2. The van der Waals surface area contributed by atoms with Gasteiger partial charge in [-0.1, -0.05) is 6.42 Å². The standard InChI is InChI=1S/C17H26O6/c1-3-21-14-11-13(17(19)20)12-15(22-4-2)16(14)23-10-8-6-5-7-9-18/h11-12,18H,3-10H2,1-2H3,(H,19,20). The van der Waals surface area contributed by atoms with E-state index in [1.54, 1.807) is 0 Å². The molecule has 0 atom stereocenters. The molecule has 0 aliphatic rings. The zero-order chi connectivity index (χ0) is 17.1. The third-order valence-electron chi connectivity index (χ3n) is 3.17. The highest BCUT2D eigenvalue weighted by Gasteiger charge is 2.18. The van der Waals surface area contributed by atoms with Crippen molar-refractivity contribution in [3.8, 4) is 17.2 Å². The number of ether oxygens (including phenoxy) is 3. The summed E-state index contributed by atoms with van der Waals surface area (Å²) in [5, 5.41) is 17.9. The fourth-order valence-corrected chi connectivity index (χ4v) is 2.11. The zero-order valence-electron chi connectivity index (χ0n) is 13.8. The molecule has 0 aromatic heterocycles. The number of aliphatic hydroxyl groups is 1. The number of benzene rings is 1. The van der Waals surface area contributed by atoms with E-state index in [4.69, 9.17) is 19.3 Å². The smallest absolute Gasteiger partial charge is 0.335 e. The molecular weight excluding hydrogens is 300 g/mol. The summed E-state index contributed by atoms with van der Waals surface area (Å²) >= 11 is 0. The minimum atomic E-state index is -1.04. The topological polar surface area (TPSA) is 85.2 Å². The Morgan fingerprint density at radius 2 is 1.52 bits per heavy atom. The molecule has 0 unspecified atom stereocenters. The van der Waals surface area contributed by atoms with Crippen LogP contribution in [0.1, 0.15) is 49.9 Å². The normalized spacial score (nSPS) is 10.4. The van der Waals surface area contributed by atoms with Crippen LogP contribution in [0.15, 0.2) is 12.1 Å². The lowest BCUT2D eigenvalue weighted by Crippen LogP contribution is -2.07. The highest BCUT2D eigenvalue weighted by Crippen LogP contribution is 2.39. The molecule has 0 saturated heterocycles. The second-order valence-electron chi connectivity index (χ2n) is 4.96. The average molecular weight is 326 g/mol. The summed E-state index contributed by atoms with van der Waals surface area (Å²) in [5.74, 6) is 0.167. The number of hydrogen-bond acceptors (Lipinski definition) is 5. The number of carbonyl (C=O) groups is 1. The predicted octanol–water partition coefficient (Wildman–Crippen LogP) is 3.11. The number of rotatable bonds is 12. The summed E-state index contributed by atoms with van der Waals surface area (Å²) in [5.41, 5.74) is 0.104. The van der Waals surface area contributed by atoms with Crippen molar-refractivity contribution in [2.75, 3.05) is 26.4 Å². The summed E-state index contributed by atoms with van der Waals surface area (Å²) in [6, 6.07) is 2.91. The van der Waals surface area contributed by atoms with Gasteiger partial charge in [-0.2, -0.15) is 0 Å². The van der Waals surface area contributed by atoms with Crippen LogP contribution in [0.2, 0.25) is 0 Å². The maximum Gasteiger partial charge on any atom is 0.335 e. The Bertz CT molecular complexity index is 459. The second kappa shape index (κ2) is 10.7. The van der Waals surface area contributed by atoms with Crippen molar-refractivity contribution in [1.29, 1.82) is 0 Å². The zero-order valence-corrected chi connectivity index (χ0v) is 13.8. The lowest BCUT2D eigenvalue weighted by atomic mass is 10.1. The highest BCUT2D eigenvalue weighted by molar-refractivity contribution is 5.89. The molecule has 130 valence electrons. The molecule has 6 heteroatoms. The summed E-state index contributed by atoms with van der Waals surface area (Å²) < 4.78 is 16.8. The molecule has 0 saturated carbocycles. The van der Waals surface area contributed by atoms with Crippen molar-refractivity contribution in [3.05, 3.63) is 17.7 Å². The lowest BCUT2D eigenvalue weighted by molar-refractivity contribution is 0.0695. The van der Waals surface area contributed by atoms with Crippen LogP contribution in [0.3, 0.4) is 0 Å². The molecule has 0 radical (unpaired) electrons. The van der Waals surface area contributed by atoms with Gasteiger partial charge in [0.1, 0.15) is 0 Å². The van der Waals surface area contributed by atoms with Crippen LogP contribution in [0.5, 0.6) is 17.2 Å². The first-order valence-electron chi connectivity index (χ1n) is 8.04. The molecule has 2 N–H and O–H groups in total. The summed E-state index contributed by atoms with van der Waals surface area (Å²) in [4.78, 5) is 11.2. The van der Waals surface area contributed by atoms with Crippen LogP contribution in [-0.4, -0.2) is 42.6 Å². The molecular formula is C17H26O6. The molecule has 0 fully saturated rings. The van der Waals surface area contributed by atoms with Crippen molar-refractivity contribution in [3.63, 3.8) is 0 Å². The van der Waals surface area contributed by atoms with Crippen molar-refractivity contribution < 1.29 is 29.2 Å². The van der Waals surface area contributed by atoms with Gasteiger partial charge in [-0.05, 0) is 45.2 Å². The van der Waals surface area contributed by atoms with E-state index in [2.05, 4.69) is 0 Å². The maximum atomic E-state index is 11.2. The number of aromatic carboxylic acids is 1. The van der Waals surface area contributed by atoms with E-state index in [0.717, 1.165) is 25.7 Å². The fourth-order valence-electron chi connectivity index (χ4n) is 2.11. The van der Waals surface area contributed by atoms with E-state index < -0.39 is 5.97 Å². The summed E-state index contributed by atoms with van der Waals surface area (Å²) in [6.07, 6.45) is 3.55. The number of unbranched alkanes of at least 4 members (excludes halogenated alkanes) is 3. The molecule has 6 nitrogen and oxygen atoms in total. The number of carboxylic acids is 1. The van der Waals surface area contributed by atoms with E-state index >= 15 is 0 Å². The van der Waals surface area contributed by atoms with Crippen molar-refractivity contribution in [2.24, 2.45) is 0 Å². The Labute approximate surface area is 137 Å². The van der Waals surface area contributed by atoms with Gasteiger partial charge in [-0.3, -0.25) is 0 Å². The van der Waals surface area contributed by atoms with E-state index in [1.807, 2.05) is 13.8 Å². The average Bonchev–Trinajstić information content (AvgIpc) is 2.52. The van der Waals surface area contributed by atoms with Crippen LogP contribution in [0, 0.1) is 0 Å². The van der Waals surface area contributed by atoms with Crippen LogP contribution in [0.4, 0.5) is 0 Å². The third-order valence-corrected chi connectivity index (χ3v) is 3.17. The molecule has 0 spiro atoms. The van der Waals surface area contributed by atoms with Crippen LogP contribution < -0.4 is 14.2 Å². The highest BCUT2D eigenvalue weighted by atomic mass is 16.5. The van der Waals surface area contributed by atoms with Gasteiger partial charge in [0.2, 0.25) is 5.75 Å². The van der Waals surface area contributed by atoms with Crippen molar-refractivity contribution in [1.82, 2.24) is 0 Å². The van der Waals surface area contributed by atoms with Crippen LogP contribution in [-0.2, 0) is 0 Å². The minimum Gasteiger partial charge on any atom is -0.490 e. The Morgan fingerprint density at radius 1 is 0.957 bits per heavy atom. The molecule has 0 amide bonds. The first-order chi connectivity index (χ1) is 11.1. The van der Waals surface area contributed by atoms with E-state index in [0.29, 0.717) is 37.1 Å². The lowest BCUT2D eigenvalue weighted by Gasteiger charge is -2.17. The predicted molar refractivity (Wildman–Crippen MR) is 86.8 cm³/mol. The quantitative estimate of drug-likeness (QED) is 0.574. The second-order valence-corrected chi connectivity index (χ2v) is 4.96. The maximum absolute atomic E-state index is 11.2. The summed E-state index contributed by atoms with van der Waals surface area (Å²) in [7, 11) is 0. The summed E-state index contributed by atoms with van der Waals surface area (Å²) in [6.45, 7) is 5.15.